The van der Waals surface area contributed by atoms with Crippen LogP contribution in [-0.4, -0.2) is 54.3 Å². The number of primary amides is 1. The minimum absolute atomic E-state index is 0.285. The quantitative estimate of drug-likeness (QED) is 0.619. The summed E-state index contributed by atoms with van der Waals surface area (Å²) < 4.78 is 0. The second kappa shape index (κ2) is 5.55. The van der Waals surface area contributed by atoms with Crippen molar-refractivity contribution >= 4 is 12.1 Å². The molecule has 4 amide bonds. The van der Waals surface area contributed by atoms with Gasteiger partial charge >= 0.3 is 12.1 Å². The number of carbonyl (C=O) groups excluding carboxylic acids is 2. The number of piperidine rings is 1. The van der Waals surface area contributed by atoms with Crippen LogP contribution in [0.2, 0.25) is 0 Å². The Kier molecular flexibility index (Phi) is 4.36. The van der Waals surface area contributed by atoms with Gasteiger partial charge in [-0.05, 0) is 19.3 Å². The fourth-order valence-electron chi connectivity index (χ4n) is 1.61. The Hall–Kier alpha value is -1.50. The van der Waals surface area contributed by atoms with Crippen LogP contribution in [0, 0.1) is 0 Å². The number of hydrogen-bond donors (Lipinski definition) is 2. The molecule has 1 aliphatic rings. The molecule has 7 nitrogen and oxygen atoms in total. The Morgan fingerprint density at radius 1 is 1.19 bits per heavy atom. The van der Waals surface area contributed by atoms with Crippen molar-refractivity contribution in [3.63, 3.8) is 0 Å². The Morgan fingerprint density at radius 2 is 1.75 bits per heavy atom. The van der Waals surface area contributed by atoms with Gasteiger partial charge in [0.05, 0.1) is 0 Å². The van der Waals surface area contributed by atoms with Gasteiger partial charge in [0.2, 0.25) is 0 Å². The zero-order valence-corrected chi connectivity index (χ0v) is 9.77. The first kappa shape index (κ1) is 12.6. The average Bonchev–Trinajstić information content (AvgIpc) is 2.25. The van der Waals surface area contributed by atoms with Gasteiger partial charge in [-0.25, -0.2) is 20.0 Å². The highest BCUT2D eigenvalue weighted by atomic mass is 16.2. The van der Waals surface area contributed by atoms with Gasteiger partial charge in [0, 0.05) is 27.2 Å². The molecule has 0 saturated carbocycles. The molecule has 0 aromatic heterocycles. The number of hydrazine groups is 2. The highest BCUT2D eigenvalue weighted by Crippen LogP contribution is 2.08. The van der Waals surface area contributed by atoms with E-state index in [9.17, 15) is 9.59 Å². The van der Waals surface area contributed by atoms with Gasteiger partial charge in [0.25, 0.3) is 0 Å². The number of carbonyl (C=O) groups is 2. The number of amides is 4. The predicted molar refractivity (Wildman–Crippen MR) is 59.1 cm³/mol. The molecular formula is C9H19N5O2. The lowest BCUT2D eigenvalue weighted by Crippen LogP contribution is -2.58. The summed E-state index contributed by atoms with van der Waals surface area (Å²) in [6, 6.07) is -0.998. The third-order valence-corrected chi connectivity index (χ3v) is 2.45. The summed E-state index contributed by atoms with van der Waals surface area (Å²) in [5.74, 6) is 0. The van der Waals surface area contributed by atoms with E-state index in [1.54, 1.807) is 19.0 Å². The second-order valence-corrected chi connectivity index (χ2v) is 3.96. The van der Waals surface area contributed by atoms with Crippen molar-refractivity contribution in [2.24, 2.45) is 5.73 Å². The molecule has 0 unspecified atom stereocenters. The van der Waals surface area contributed by atoms with Gasteiger partial charge in [0.1, 0.15) is 0 Å². The lowest BCUT2D eigenvalue weighted by Gasteiger charge is -2.32. The fraction of sp³-hybridized carbons (Fsp3) is 0.778. The predicted octanol–water partition coefficient (Wildman–Crippen LogP) is -0.0458. The van der Waals surface area contributed by atoms with Crippen LogP contribution in [0.4, 0.5) is 9.59 Å². The smallest absolute Gasteiger partial charge is 0.348 e. The van der Waals surface area contributed by atoms with E-state index < -0.39 is 6.03 Å². The van der Waals surface area contributed by atoms with Gasteiger partial charge in [-0.15, -0.1) is 0 Å². The first-order valence-electron chi connectivity index (χ1n) is 5.34. The molecular weight excluding hydrogens is 210 g/mol. The maximum atomic E-state index is 11.8. The van der Waals surface area contributed by atoms with Crippen LogP contribution in [0.25, 0.3) is 0 Å². The molecule has 1 heterocycles. The molecule has 1 aliphatic heterocycles. The molecule has 16 heavy (non-hydrogen) atoms. The average molecular weight is 229 g/mol. The Labute approximate surface area is 95.1 Å². The minimum Gasteiger partial charge on any atom is -0.349 e. The van der Waals surface area contributed by atoms with Crippen LogP contribution in [-0.2, 0) is 0 Å². The third-order valence-electron chi connectivity index (χ3n) is 2.45. The molecule has 7 heteroatoms. The van der Waals surface area contributed by atoms with Crippen LogP contribution in [0.3, 0.4) is 0 Å². The molecule has 3 N–H and O–H groups in total. The summed E-state index contributed by atoms with van der Waals surface area (Å²) in [4.78, 5) is 24.5. The summed E-state index contributed by atoms with van der Waals surface area (Å²) in [6.45, 7) is 1.46. The van der Waals surface area contributed by atoms with Crippen molar-refractivity contribution in [3.05, 3.63) is 0 Å². The van der Waals surface area contributed by atoms with Gasteiger partial charge in [-0.1, -0.05) is 0 Å². The van der Waals surface area contributed by atoms with E-state index in [2.05, 4.69) is 5.43 Å². The van der Waals surface area contributed by atoms with E-state index in [0.717, 1.165) is 37.5 Å². The Bertz CT molecular complexity index is 263. The van der Waals surface area contributed by atoms with Crippen LogP contribution < -0.4 is 11.2 Å². The van der Waals surface area contributed by atoms with Crippen molar-refractivity contribution in [3.8, 4) is 0 Å². The SMILES string of the molecule is CN(C)N(NC(=O)N1CCCCC1)C(N)=O. The molecule has 92 valence electrons. The van der Waals surface area contributed by atoms with Crippen molar-refractivity contribution in [2.75, 3.05) is 27.2 Å². The molecule has 1 saturated heterocycles. The standard InChI is InChI=1S/C9H19N5O2/c1-12(2)14(8(10)15)11-9(16)13-6-4-3-5-7-13/h3-7H2,1-2H3,(H2,10,15)(H,11,16). The van der Waals surface area contributed by atoms with E-state index in [1.807, 2.05) is 0 Å². The summed E-state index contributed by atoms with van der Waals surface area (Å²) in [5, 5.41) is 2.40. The van der Waals surface area contributed by atoms with Gasteiger partial charge in [-0.2, -0.15) is 5.12 Å². The summed E-state index contributed by atoms with van der Waals surface area (Å²) >= 11 is 0. The highest BCUT2D eigenvalue weighted by Gasteiger charge is 2.21. The first-order valence-corrected chi connectivity index (χ1v) is 5.34. The zero-order chi connectivity index (χ0) is 12.1. The topological polar surface area (TPSA) is 81.9 Å². The van der Waals surface area contributed by atoms with Gasteiger partial charge in [-0.3, -0.25) is 0 Å². The molecule has 0 aromatic rings. The molecule has 0 aliphatic carbocycles. The van der Waals surface area contributed by atoms with E-state index >= 15 is 0 Å². The molecule has 0 aromatic carbocycles. The number of urea groups is 2. The third kappa shape index (κ3) is 3.27. The number of nitrogens with two attached hydrogens (primary N) is 1. The van der Waals surface area contributed by atoms with Crippen molar-refractivity contribution in [2.45, 2.75) is 19.3 Å². The van der Waals surface area contributed by atoms with Gasteiger partial charge in [0.15, 0.2) is 0 Å². The van der Waals surface area contributed by atoms with E-state index in [-0.39, 0.29) is 6.03 Å². The van der Waals surface area contributed by atoms with E-state index in [4.69, 9.17) is 5.73 Å². The van der Waals surface area contributed by atoms with Crippen molar-refractivity contribution in [1.29, 1.82) is 0 Å². The summed E-state index contributed by atoms with van der Waals surface area (Å²) in [5.41, 5.74) is 7.58. The van der Waals surface area contributed by atoms with Crippen LogP contribution in [0.15, 0.2) is 0 Å². The molecule has 1 rings (SSSR count). The van der Waals surface area contributed by atoms with E-state index in [0.29, 0.717) is 0 Å². The molecule has 0 spiro atoms. The normalized spacial score (nSPS) is 16.1. The maximum absolute atomic E-state index is 11.8. The lowest BCUT2D eigenvalue weighted by molar-refractivity contribution is 0.0255. The molecule has 0 atom stereocenters. The monoisotopic (exact) mass is 229 g/mol. The van der Waals surface area contributed by atoms with Gasteiger partial charge < -0.3 is 10.6 Å². The zero-order valence-electron chi connectivity index (χ0n) is 9.77. The maximum Gasteiger partial charge on any atom is 0.348 e. The Morgan fingerprint density at radius 3 is 2.19 bits per heavy atom. The number of nitrogens with zero attached hydrogens (tertiary/aromatic N) is 3. The van der Waals surface area contributed by atoms with E-state index in [1.165, 1.54) is 5.01 Å². The van der Waals surface area contributed by atoms with Crippen molar-refractivity contribution in [1.82, 2.24) is 20.5 Å². The number of nitrogens with one attached hydrogen (secondary N) is 1. The number of likely N-dealkylation sites (tertiary alicyclic amines) is 1. The lowest BCUT2D eigenvalue weighted by atomic mass is 10.1. The summed E-state index contributed by atoms with van der Waals surface area (Å²) in [7, 11) is 3.25. The van der Waals surface area contributed by atoms with Crippen LogP contribution >= 0.6 is 0 Å². The summed E-state index contributed by atoms with van der Waals surface area (Å²) in [6.07, 6.45) is 3.16. The van der Waals surface area contributed by atoms with Crippen molar-refractivity contribution < 1.29 is 9.59 Å². The minimum atomic E-state index is -0.713. The number of rotatable bonds is 1. The van der Waals surface area contributed by atoms with Crippen LogP contribution in [0.1, 0.15) is 19.3 Å². The Balaban J connectivity index is 2.50. The molecule has 0 radical (unpaired) electrons. The first-order chi connectivity index (χ1) is 7.52. The second-order valence-electron chi connectivity index (χ2n) is 3.96. The highest BCUT2D eigenvalue weighted by molar-refractivity contribution is 5.79. The molecule has 1 fully saturated rings. The largest absolute Gasteiger partial charge is 0.349 e. The van der Waals surface area contributed by atoms with Crippen LogP contribution in [0.5, 0.6) is 0 Å². The number of hydrogen-bond acceptors (Lipinski definition) is 3. The molecule has 0 bridgehead atoms. The fourth-order valence-corrected chi connectivity index (χ4v) is 1.61.